The van der Waals surface area contributed by atoms with Crippen LogP contribution in [0.2, 0.25) is 0 Å². The number of fused-ring (bicyclic) bond motifs is 1. The maximum Gasteiger partial charge on any atom is 0.416 e. The zero-order valence-electron chi connectivity index (χ0n) is 14.0. The standard InChI is InChI=1S/C18H12F3NO5S/c19-18(20,21)15-6-3-7-16(22(23)24)14(15)10-13-12-5-2-1-4-11(12)8-9-17(13)28(25,26)27/h1-9H,10H2,(H,25,26,27). The van der Waals surface area contributed by atoms with Crippen molar-refractivity contribution in [3.63, 3.8) is 0 Å². The van der Waals surface area contributed by atoms with Crippen molar-refractivity contribution in [2.45, 2.75) is 17.5 Å². The van der Waals surface area contributed by atoms with Crippen LogP contribution in [-0.2, 0) is 22.7 Å². The highest BCUT2D eigenvalue weighted by Crippen LogP contribution is 2.39. The van der Waals surface area contributed by atoms with Gasteiger partial charge in [-0.2, -0.15) is 21.6 Å². The summed E-state index contributed by atoms with van der Waals surface area (Å²) >= 11 is 0. The Bertz CT molecular complexity index is 1190. The van der Waals surface area contributed by atoms with E-state index in [1.165, 1.54) is 12.1 Å². The highest BCUT2D eigenvalue weighted by molar-refractivity contribution is 7.85. The van der Waals surface area contributed by atoms with Gasteiger partial charge in [-0.1, -0.05) is 36.4 Å². The first-order valence-corrected chi connectivity index (χ1v) is 9.25. The lowest BCUT2D eigenvalue weighted by molar-refractivity contribution is -0.385. The Hall–Kier alpha value is -2.98. The molecule has 0 saturated heterocycles. The maximum atomic E-state index is 13.5. The Labute approximate surface area is 157 Å². The molecule has 0 amide bonds. The van der Waals surface area contributed by atoms with Gasteiger partial charge in [0.1, 0.15) is 0 Å². The molecule has 3 aromatic rings. The van der Waals surface area contributed by atoms with E-state index in [9.17, 15) is 36.3 Å². The zero-order valence-corrected chi connectivity index (χ0v) is 14.8. The van der Waals surface area contributed by atoms with Gasteiger partial charge in [0.15, 0.2) is 0 Å². The molecule has 0 aromatic heterocycles. The summed E-state index contributed by atoms with van der Waals surface area (Å²) in [6, 6.07) is 11.3. The molecule has 0 heterocycles. The van der Waals surface area contributed by atoms with E-state index >= 15 is 0 Å². The lowest BCUT2D eigenvalue weighted by Crippen LogP contribution is -2.13. The second-order valence-electron chi connectivity index (χ2n) is 5.97. The Kier molecular flexibility index (Phi) is 4.86. The summed E-state index contributed by atoms with van der Waals surface area (Å²) in [5.41, 5.74) is -2.86. The number of nitrogens with zero attached hydrogens (tertiary/aromatic N) is 1. The second kappa shape index (κ2) is 6.88. The van der Waals surface area contributed by atoms with Crippen LogP contribution in [0, 0.1) is 10.1 Å². The average molecular weight is 411 g/mol. The van der Waals surface area contributed by atoms with Crippen LogP contribution in [-0.4, -0.2) is 17.9 Å². The molecule has 0 radical (unpaired) electrons. The number of nitro benzene ring substituents is 1. The topological polar surface area (TPSA) is 97.5 Å². The molecule has 0 aliphatic heterocycles. The van der Waals surface area contributed by atoms with E-state index in [1.54, 1.807) is 18.2 Å². The fraction of sp³-hybridized carbons (Fsp3) is 0.111. The van der Waals surface area contributed by atoms with Crippen molar-refractivity contribution in [3.05, 3.63) is 81.4 Å². The minimum Gasteiger partial charge on any atom is -0.282 e. The molecule has 3 aromatic carbocycles. The van der Waals surface area contributed by atoms with Crippen LogP contribution in [0.3, 0.4) is 0 Å². The normalized spacial score (nSPS) is 12.3. The first kappa shape index (κ1) is 19.8. The quantitative estimate of drug-likeness (QED) is 0.384. The van der Waals surface area contributed by atoms with Crippen molar-refractivity contribution in [3.8, 4) is 0 Å². The van der Waals surface area contributed by atoms with E-state index in [2.05, 4.69) is 0 Å². The summed E-state index contributed by atoms with van der Waals surface area (Å²) in [5, 5.41) is 12.1. The molecule has 3 rings (SSSR count). The molecule has 0 saturated carbocycles. The summed E-state index contributed by atoms with van der Waals surface area (Å²) in [7, 11) is -4.78. The van der Waals surface area contributed by atoms with E-state index in [-0.39, 0.29) is 10.9 Å². The highest BCUT2D eigenvalue weighted by atomic mass is 32.2. The molecular formula is C18H12F3NO5S. The van der Waals surface area contributed by atoms with Gasteiger partial charge >= 0.3 is 6.18 Å². The number of rotatable bonds is 4. The van der Waals surface area contributed by atoms with Crippen molar-refractivity contribution in [2.24, 2.45) is 0 Å². The van der Waals surface area contributed by atoms with Gasteiger partial charge < -0.3 is 0 Å². The van der Waals surface area contributed by atoms with Crippen molar-refractivity contribution < 1.29 is 31.1 Å². The van der Waals surface area contributed by atoms with Crippen LogP contribution in [0.25, 0.3) is 10.8 Å². The summed E-state index contributed by atoms with van der Waals surface area (Å²) in [6.07, 6.45) is -5.59. The molecule has 10 heteroatoms. The lowest BCUT2D eigenvalue weighted by atomic mass is 9.94. The van der Waals surface area contributed by atoms with Crippen LogP contribution in [0.4, 0.5) is 18.9 Å². The maximum absolute atomic E-state index is 13.5. The summed E-state index contributed by atoms with van der Waals surface area (Å²) in [4.78, 5) is 9.75. The fourth-order valence-electron chi connectivity index (χ4n) is 3.11. The van der Waals surface area contributed by atoms with Crippen molar-refractivity contribution in [1.29, 1.82) is 0 Å². The molecule has 0 fully saturated rings. The van der Waals surface area contributed by atoms with E-state index in [1.807, 2.05) is 0 Å². The Balaban J connectivity index is 2.37. The van der Waals surface area contributed by atoms with Gasteiger partial charge in [-0.15, -0.1) is 0 Å². The monoisotopic (exact) mass is 411 g/mol. The molecule has 0 atom stereocenters. The first-order chi connectivity index (χ1) is 13.0. The van der Waals surface area contributed by atoms with Gasteiger partial charge in [0.05, 0.1) is 15.4 Å². The minimum atomic E-state index is -4.88. The first-order valence-electron chi connectivity index (χ1n) is 7.81. The average Bonchev–Trinajstić information content (AvgIpc) is 2.60. The second-order valence-corrected chi connectivity index (χ2v) is 7.36. The number of benzene rings is 3. The van der Waals surface area contributed by atoms with Gasteiger partial charge in [0.2, 0.25) is 0 Å². The predicted molar refractivity (Wildman–Crippen MR) is 94.7 cm³/mol. The Morgan fingerprint density at radius 2 is 1.64 bits per heavy atom. The molecule has 0 bridgehead atoms. The molecule has 0 unspecified atom stereocenters. The molecule has 0 aliphatic carbocycles. The molecule has 146 valence electrons. The van der Waals surface area contributed by atoms with Gasteiger partial charge in [0, 0.05) is 18.1 Å². The largest absolute Gasteiger partial charge is 0.416 e. The molecule has 1 N–H and O–H groups in total. The van der Waals surface area contributed by atoms with Crippen molar-refractivity contribution in [2.75, 3.05) is 0 Å². The van der Waals surface area contributed by atoms with Crippen LogP contribution >= 0.6 is 0 Å². The molecule has 0 aliphatic rings. The fourth-order valence-corrected chi connectivity index (χ4v) is 3.85. The van der Waals surface area contributed by atoms with Gasteiger partial charge in [-0.05, 0) is 28.5 Å². The molecule has 28 heavy (non-hydrogen) atoms. The van der Waals surface area contributed by atoms with Crippen LogP contribution < -0.4 is 0 Å². The zero-order chi connectivity index (χ0) is 20.7. The van der Waals surface area contributed by atoms with Gasteiger partial charge in [0.25, 0.3) is 15.8 Å². The lowest BCUT2D eigenvalue weighted by Gasteiger charge is -2.16. The highest BCUT2D eigenvalue weighted by Gasteiger charge is 2.37. The third kappa shape index (κ3) is 3.69. The number of nitro groups is 1. The summed E-state index contributed by atoms with van der Waals surface area (Å²) in [6.45, 7) is 0. The smallest absolute Gasteiger partial charge is 0.282 e. The summed E-state index contributed by atoms with van der Waals surface area (Å²) < 4.78 is 73.5. The predicted octanol–water partition coefficient (Wildman–Crippen LogP) is 4.60. The van der Waals surface area contributed by atoms with Crippen molar-refractivity contribution in [1.82, 2.24) is 0 Å². The SMILES string of the molecule is O=[N+]([O-])c1cccc(C(F)(F)F)c1Cc1c(S(=O)(=O)O)ccc2ccccc12. The van der Waals surface area contributed by atoms with Crippen LogP contribution in [0.5, 0.6) is 0 Å². The molecular weight excluding hydrogens is 399 g/mol. The third-order valence-electron chi connectivity index (χ3n) is 4.28. The number of halogens is 3. The van der Waals surface area contributed by atoms with Crippen LogP contribution in [0.1, 0.15) is 16.7 Å². The van der Waals surface area contributed by atoms with E-state index in [0.29, 0.717) is 11.5 Å². The van der Waals surface area contributed by atoms with Crippen LogP contribution in [0.15, 0.2) is 59.5 Å². The summed E-state index contributed by atoms with van der Waals surface area (Å²) in [5.74, 6) is 0. The Morgan fingerprint density at radius 3 is 2.25 bits per heavy atom. The number of alkyl halides is 3. The van der Waals surface area contributed by atoms with Gasteiger partial charge in [-0.25, -0.2) is 0 Å². The van der Waals surface area contributed by atoms with E-state index < -0.39 is 49.3 Å². The van der Waals surface area contributed by atoms with Crippen molar-refractivity contribution >= 4 is 26.6 Å². The number of hydrogen-bond donors (Lipinski definition) is 1. The van der Waals surface area contributed by atoms with E-state index in [4.69, 9.17) is 0 Å². The minimum absolute atomic E-state index is 0.152. The molecule has 6 nitrogen and oxygen atoms in total. The molecule has 0 spiro atoms. The third-order valence-corrected chi connectivity index (χ3v) is 5.22. The van der Waals surface area contributed by atoms with Gasteiger partial charge in [-0.3, -0.25) is 14.7 Å². The Morgan fingerprint density at radius 1 is 0.964 bits per heavy atom. The number of hydrogen-bond acceptors (Lipinski definition) is 4. The van der Waals surface area contributed by atoms with E-state index in [0.717, 1.165) is 18.2 Å².